The molecule has 9 nitrogen and oxygen atoms in total. The van der Waals surface area contributed by atoms with Crippen molar-refractivity contribution in [3.05, 3.63) is 29.3 Å². The lowest BCUT2D eigenvalue weighted by Crippen LogP contribution is -2.44. The van der Waals surface area contributed by atoms with Crippen LogP contribution in [-0.4, -0.2) is 60.2 Å². The van der Waals surface area contributed by atoms with E-state index in [1.165, 1.54) is 20.8 Å². The first-order valence-corrected chi connectivity index (χ1v) is 11.3. The van der Waals surface area contributed by atoms with Crippen molar-refractivity contribution in [1.29, 1.82) is 0 Å². The average molecular weight is 479 g/mol. The Morgan fingerprint density at radius 3 is 2.52 bits per heavy atom. The van der Waals surface area contributed by atoms with Gasteiger partial charge in [0.1, 0.15) is 24.9 Å². The van der Waals surface area contributed by atoms with E-state index in [1.54, 1.807) is 0 Å². The van der Waals surface area contributed by atoms with E-state index < -0.39 is 48.5 Å². The Balaban J connectivity index is 1.90. The van der Waals surface area contributed by atoms with Crippen LogP contribution in [0.3, 0.4) is 0 Å². The van der Waals surface area contributed by atoms with Gasteiger partial charge in [-0.1, -0.05) is 25.1 Å². The number of fused-ring (bicyclic) bond motifs is 1. The molecule has 0 bridgehead atoms. The van der Waals surface area contributed by atoms with Crippen LogP contribution in [0.5, 0.6) is 0 Å². The van der Waals surface area contributed by atoms with Gasteiger partial charge in [-0.15, -0.1) is 0 Å². The van der Waals surface area contributed by atoms with Crippen molar-refractivity contribution in [3.8, 4) is 0 Å². The van der Waals surface area contributed by atoms with E-state index in [4.69, 9.17) is 31.2 Å². The van der Waals surface area contributed by atoms with Gasteiger partial charge >= 0.3 is 17.9 Å². The van der Waals surface area contributed by atoms with Crippen molar-refractivity contribution in [2.24, 2.45) is 0 Å². The number of anilines is 1. The summed E-state index contributed by atoms with van der Waals surface area (Å²) >= 11 is 5.63. The molecule has 3 rings (SSSR count). The molecule has 2 fully saturated rings. The fourth-order valence-corrected chi connectivity index (χ4v) is 4.73. The van der Waals surface area contributed by atoms with Crippen molar-refractivity contribution in [2.75, 3.05) is 11.5 Å². The fraction of sp³-hybridized carbons (Fsp3) is 0.565. The second kappa shape index (κ2) is 10.5. The molecular formula is C23H30N2O7S. The number of aryl methyl sites for hydroxylation is 2. The van der Waals surface area contributed by atoms with Crippen LogP contribution in [0.15, 0.2) is 18.2 Å². The van der Waals surface area contributed by atoms with Crippen LogP contribution >= 0.6 is 12.2 Å². The molecule has 2 aliphatic rings. The SMILES string of the molecule is CCc1cccc(C)c1N1C(=S)N[C@@H]2[C@@H](OC(C)=O)[C@@H](C[C@H](COC(C)=O)OC(C)=O)O[C@@H]21. The molecule has 0 aliphatic carbocycles. The summed E-state index contributed by atoms with van der Waals surface area (Å²) in [5, 5.41) is 3.74. The summed E-state index contributed by atoms with van der Waals surface area (Å²) in [6.07, 6.45) is -1.59. The maximum Gasteiger partial charge on any atom is 0.303 e. The number of carbonyl (C=O) groups excluding carboxylic acids is 3. The molecule has 180 valence electrons. The van der Waals surface area contributed by atoms with Crippen LogP contribution in [0.4, 0.5) is 5.69 Å². The predicted molar refractivity (Wildman–Crippen MR) is 124 cm³/mol. The first-order chi connectivity index (χ1) is 15.6. The largest absolute Gasteiger partial charge is 0.462 e. The highest BCUT2D eigenvalue weighted by Gasteiger charge is 2.55. The molecule has 0 unspecified atom stereocenters. The highest BCUT2D eigenvalue weighted by molar-refractivity contribution is 7.80. The Hall–Kier alpha value is -2.72. The summed E-state index contributed by atoms with van der Waals surface area (Å²) in [7, 11) is 0. The van der Waals surface area contributed by atoms with Crippen LogP contribution in [0.25, 0.3) is 0 Å². The van der Waals surface area contributed by atoms with Gasteiger partial charge in [0.15, 0.2) is 17.4 Å². The van der Waals surface area contributed by atoms with Gasteiger partial charge in [-0.05, 0) is 36.7 Å². The number of nitrogens with zero attached hydrogens (tertiary/aromatic N) is 1. The molecule has 1 aromatic carbocycles. The minimum absolute atomic E-state index is 0.121. The smallest absolute Gasteiger partial charge is 0.303 e. The van der Waals surface area contributed by atoms with E-state index in [2.05, 4.69) is 12.2 Å². The zero-order valence-corrected chi connectivity index (χ0v) is 20.3. The summed E-state index contributed by atoms with van der Waals surface area (Å²) in [5.41, 5.74) is 3.12. The molecule has 0 spiro atoms. The number of ether oxygens (including phenoxy) is 4. The summed E-state index contributed by atoms with van der Waals surface area (Å²) < 4.78 is 22.4. The van der Waals surface area contributed by atoms with Gasteiger partial charge in [0.05, 0.1) is 5.69 Å². The third-order valence-corrected chi connectivity index (χ3v) is 5.97. The number of carbonyl (C=O) groups is 3. The van der Waals surface area contributed by atoms with E-state index in [0.717, 1.165) is 23.2 Å². The second-order valence-corrected chi connectivity index (χ2v) is 8.58. The molecule has 2 aliphatic heterocycles. The molecule has 5 atom stereocenters. The molecule has 10 heteroatoms. The number of nitrogens with one attached hydrogen (secondary N) is 1. The number of hydrogen-bond acceptors (Lipinski definition) is 8. The van der Waals surface area contributed by atoms with E-state index in [1.807, 2.05) is 30.0 Å². The highest BCUT2D eigenvalue weighted by Crippen LogP contribution is 2.39. The molecule has 0 saturated carbocycles. The van der Waals surface area contributed by atoms with Gasteiger partial charge < -0.3 is 24.3 Å². The highest BCUT2D eigenvalue weighted by atomic mass is 32.1. The monoisotopic (exact) mass is 478 g/mol. The summed E-state index contributed by atoms with van der Waals surface area (Å²) in [5.74, 6) is -1.46. The maximum atomic E-state index is 11.9. The molecule has 0 aromatic heterocycles. The standard InChI is InChI=1S/C23H30N2O7S/c1-6-16-9-7-8-12(2)20(16)25-22-19(24-23(25)33)21(31-15(5)28)18(32-22)10-17(30-14(4)27)11-29-13(3)26/h7-9,17-19,21-22H,6,10-11H2,1-5H3,(H,24,33)/t17-,18-,19-,21+,22+/m1/s1. The van der Waals surface area contributed by atoms with Crippen molar-refractivity contribution >= 4 is 40.9 Å². The van der Waals surface area contributed by atoms with Gasteiger partial charge in [0.25, 0.3) is 0 Å². The van der Waals surface area contributed by atoms with E-state index >= 15 is 0 Å². The van der Waals surface area contributed by atoms with Crippen molar-refractivity contribution in [2.45, 2.75) is 78.0 Å². The molecular weight excluding hydrogens is 448 g/mol. The molecule has 0 amide bonds. The van der Waals surface area contributed by atoms with E-state index in [-0.39, 0.29) is 13.0 Å². The van der Waals surface area contributed by atoms with Crippen LogP contribution < -0.4 is 10.2 Å². The zero-order valence-electron chi connectivity index (χ0n) is 19.5. The average Bonchev–Trinajstić information content (AvgIpc) is 3.20. The second-order valence-electron chi connectivity index (χ2n) is 8.19. The normalized spacial score (nSPS) is 24.6. The number of para-hydroxylation sites is 1. The lowest BCUT2D eigenvalue weighted by Gasteiger charge is -2.29. The van der Waals surface area contributed by atoms with Gasteiger partial charge in [-0.3, -0.25) is 19.3 Å². The maximum absolute atomic E-state index is 11.9. The number of benzene rings is 1. The molecule has 2 saturated heterocycles. The molecule has 0 radical (unpaired) electrons. The van der Waals surface area contributed by atoms with Crippen molar-refractivity contribution < 1.29 is 33.3 Å². The molecule has 2 heterocycles. The van der Waals surface area contributed by atoms with Crippen LogP contribution in [-0.2, 0) is 39.8 Å². The Kier molecular flexibility index (Phi) is 7.91. The van der Waals surface area contributed by atoms with E-state index in [9.17, 15) is 14.4 Å². The number of rotatable bonds is 8. The Bertz CT molecular complexity index is 937. The van der Waals surface area contributed by atoms with E-state index in [0.29, 0.717) is 5.11 Å². The number of thiocarbonyl (C=S) groups is 1. The quantitative estimate of drug-likeness (QED) is 0.340. The van der Waals surface area contributed by atoms with Gasteiger partial charge in [-0.25, -0.2) is 0 Å². The number of hydrogen-bond donors (Lipinski definition) is 1. The van der Waals surface area contributed by atoms with Crippen LogP contribution in [0.2, 0.25) is 0 Å². The Morgan fingerprint density at radius 1 is 1.18 bits per heavy atom. The Labute approximate surface area is 198 Å². The zero-order chi connectivity index (χ0) is 24.3. The van der Waals surface area contributed by atoms with Crippen LogP contribution in [0.1, 0.15) is 45.2 Å². The van der Waals surface area contributed by atoms with Gasteiger partial charge in [0.2, 0.25) is 0 Å². The van der Waals surface area contributed by atoms with Crippen LogP contribution in [0, 0.1) is 6.92 Å². The predicted octanol–water partition coefficient (Wildman–Crippen LogP) is 2.16. The Morgan fingerprint density at radius 2 is 1.91 bits per heavy atom. The molecule has 1 N–H and O–H groups in total. The summed E-state index contributed by atoms with van der Waals surface area (Å²) in [6.45, 7) is 7.84. The minimum atomic E-state index is -0.752. The molecule has 33 heavy (non-hydrogen) atoms. The lowest BCUT2D eigenvalue weighted by molar-refractivity contribution is -0.161. The van der Waals surface area contributed by atoms with Crippen molar-refractivity contribution in [3.63, 3.8) is 0 Å². The summed E-state index contributed by atoms with van der Waals surface area (Å²) in [6, 6.07) is 5.64. The number of esters is 3. The first kappa shape index (κ1) is 24.9. The third kappa shape index (κ3) is 5.62. The summed E-state index contributed by atoms with van der Waals surface area (Å²) in [4.78, 5) is 36.7. The van der Waals surface area contributed by atoms with Gasteiger partial charge in [-0.2, -0.15) is 0 Å². The third-order valence-electron chi connectivity index (χ3n) is 5.65. The minimum Gasteiger partial charge on any atom is -0.462 e. The lowest BCUT2D eigenvalue weighted by atomic mass is 10.0. The van der Waals surface area contributed by atoms with Gasteiger partial charge in [0, 0.05) is 27.2 Å². The molecule has 1 aromatic rings. The topological polar surface area (TPSA) is 103 Å². The van der Waals surface area contributed by atoms with Crippen molar-refractivity contribution in [1.82, 2.24) is 5.32 Å². The first-order valence-electron chi connectivity index (χ1n) is 10.9. The fourth-order valence-electron chi connectivity index (χ4n) is 4.40.